The van der Waals surface area contributed by atoms with Gasteiger partial charge in [0.1, 0.15) is 9.32 Å². The third kappa shape index (κ3) is 1.55. The third-order valence-electron chi connectivity index (χ3n) is 1.38. The number of hydrogen-bond donors (Lipinski definition) is 1. The average molecular weight is 265 g/mol. The van der Waals surface area contributed by atoms with E-state index in [1.165, 1.54) is 0 Å². The van der Waals surface area contributed by atoms with Crippen LogP contribution in [0.5, 0.6) is 5.75 Å². The minimum absolute atomic E-state index is 0.104. The van der Waals surface area contributed by atoms with Crippen molar-refractivity contribution in [3.05, 3.63) is 25.7 Å². The van der Waals surface area contributed by atoms with Crippen molar-refractivity contribution in [1.29, 1.82) is 0 Å². The first-order valence-corrected chi connectivity index (χ1v) is 4.16. The van der Waals surface area contributed by atoms with E-state index in [0.717, 1.165) is 5.56 Å². The predicted octanol–water partition coefficient (Wildman–Crippen LogP) is 1.30. The van der Waals surface area contributed by atoms with Crippen LogP contribution in [0.1, 0.15) is 5.56 Å². The minimum Gasteiger partial charge on any atom is -0.495 e. The van der Waals surface area contributed by atoms with Crippen LogP contribution >= 0.6 is 22.6 Å². The van der Waals surface area contributed by atoms with Crippen molar-refractivity contribution < 1.29 is 4.74 Å². The number of hydrogen-bond acceptors (Lipinski definition) is 2. The molecule has 1 aromatic heterocycles. The zero-order valence-electron chi connectivity index (χ0n) is 6.27. The number of pyridine rings is 1. The minimum atomic E-state index is -0.104. The number of rotatable bonds is 1. The summed E-state index contributed by atoms with van der Waals surface area (Å²) in [6, 6.07) is 0. The van der Waals surface area contributed by atoms with E-state index in [-0.39, 0.29) is 5.56 Å². The Morgan fingerprint density at radius 1 is 1.64 bits per heavy atom. The third-order valence-corrected chi connectivity index (χ3v) is 2.36. The molecular formula is C7H8INO2. The Labute approximate surface area is 77.9 Å². The Kier molecular flexibility index (Phi) is 2.53. The smallest absolute Gasteiger partial charge is 0.265 e. The van der Waals surface area contributed by atoms with Crippen LogP contribution < -0.4 is 10.3 Å². The molecule has 0 saturated heterocycles. The monoisotopic (exact) mass is 265 g/mol. The largest absolute Gasteiger partial charge is 0.495 e. The summed E-state index contributed by atoms with van der Waals surface area (Å²) in [6.07, 6.45) is 1.64. The fourth-order valence-electron chi connectivity index (χ4n) is 0.830. The van der Waals surface area contributed by atoms with Crippen LogP contribution in [0.15, 0.2) is 11.0 Å². The zero-order valence-corrected chi connectivity index (χ0v) is 8.43. The summed E-state index contributed by atoms with van der Waals surface area (Å²) in [5, 5.41) is 0. The van der Waals surface area contributed by atoms with Crippen molar-refractivity contribution in [1.82, 2.24) is 4.98 Å². The van der Waals surface area contributed by atoms with Crippen LogP contribution in [0.3, 0.4) is 0 Å². The molecule has 1 heterocycles. The van der Waals surface area contributed by atoms with Gasteiger partial charge in [-0.3, -0.25) is 4.79 Å². The van der Waals surface area contributed by atoms with Crippen molar-refractivity contribution in [2.45, 2.75) is 6.92 Å². The standard InChI is InChI=1S/C7H8INO2/c1-4-3-9-7(10)5(8)6(4)11-2/h3H,1-2H3,(H,9,10). The van der Waals surface area contributed by atoms with Gasteiger partial charge in [-0.2, -0.15) is 0 Å². The van der Waals surface area contributed by atoms with E-state index in [4.69, 9.17) is 4.74 Å². The van der Waals surface area contributed by atoms with Crippen molar-refractivity contribution in [2.24, 2.45) is 0 Å². The van der Waals surface area contributed by atoms with Crippen LogP contribution in [-0.2, 0) is 0 Å². The highest BCUT2D eigenvalue weighted by atomic mass is 127. The van der Waals surface area contributed by atoms with E-state index in [0.29, 0.717) is 9.32 Å². The molecule has 0 radical (unpaired) electrons. The van der Waals surface area contributed by atoms with Crippen molar-refractivity contribution in [3.8, 4) is 5.75 Å². The van der Waals surface area contributed by atoms with E-state index in [1.54, 1.807) is 13.3 Å². The molecule has 0 fully saturated rings. The number of aryl methyl sites for hydroxylation is 1. The van der Waals surface area contributed by atoms with Gasteiger partial charge < -0.3 is 9.72 Å². The summed E-state index contributed by atoms with van der Waals surface area (Å²) in [4.78, 5) is 13.6. The van der Waals surface area contributed by atoms with E-state index in [2.05, 4.69) is 4.98 Å². The van der Waals surface area contributed by atoms with E-state index < -0.39 is 0 Å². The second-order valence-corrected chi connectivity index (χ2v) is 3.23. The first-order valence-electron chi connectivity index (χ1n) is 3.08. The molecule has 1 N–H and O–H groups in total. The highest BCUT2D eigenvalue weighted by molar-refractivity contribution is 14.1. The molecule has 0 amide bonds. The molecule has 0 aromatic carbocycles. The summed E-state index contributed by atoms with van der Waals surface area (Å²) in [5.74, 6) is 0.661. The van der Waals surface area contributed by atoms with Gasteiger partial charge in [0.25, 0.3) is 5.56 Å². The average Bonchev–Trinajstić information content (AvgIpc) is 1.99. The summed E-state index contributed by atoms with van der Waals surface area (Å²) in [6.45, 7) is 1.89. The predicted molar refractivity (Wildman–Crippen MR) is 51.1 cm³/mol. The lowest BCUT2D eigenvalue weighted by molar-refractivity contribution is 0.407. The summed E-state index contributed by atoms with van der Waals surface area (Å²) >= 11 is 1.96. The van der Waals surface area contributed by atoms with Gasteiger partial charge in [0.15, 0.2) is 0 Å². The molecule has 1 rings (SSSR count). The second-order valence-electron chi connectivity index (χ2n) is 2.15. The maximum Gasteiger partial charge on any atom is 0.265 e. The van der Waals surface area contributed by atoms with Gasteiger partial charge in [-0.1, -0.05) is 0 Å². The van der Waals surface area contributed by atoms with Crippen LogP contribution in [0.2, 0.25) is 0 Å². The van der Waals surface area contributed by atoms with Gasteiger partial charge in [0, 0.05) is 11.8 Å². The van der Waals surface area contributed by atoms with Crippen molar-refractivity contribution in [2.75, 3.05) is 7.11 Å². The zero-order chi connectivity index (χ0) is 8.43. The highest BCUT2D eigenvalue weighted by Gasteiger charge is 2.06. The van der Waals surface area contributed by atoms with Crippen molar-refractivity contribution in [3.63, 3.8) is 0 Å². The number of aromatic nitrogens is 1. The molecule has 11 heavy (non-hydrogen) atoms. The van der Waals surface area contributed by atoms with Gasteiger partial charge >= 0.3 is 0 Å². The Balaban J connectivity index is 3.41. The molecule has 0 bridgehead atoms. The Hall–Kier alpha value is -0.520. The molecule has 0 spiro atoms. The van der Waals surface area contributed by atoms with E-state index in [1.807, 2.05) is 29.5 Å². The van der Waals surface area contributed by atoms with E-state index in [9.17, 15) is 4.79 Å². The Morgan fingerprint density at radius 2 is 2.27 bits per heavy atom. The Morgan fingerprint density at radius 3 is 2.73 bits per heavy atom. The quantitative estimate of drug-likeness (QED) is 0.777. The van der Waals surface area contributed by atoms with Crippen LogP contribution in [-0.4, -0.2) is 12.1 Å². The number of nitrogens with one attached hydrogen (secondary N) is 1. The molecule has 4 heteroatoms. The lowest BCUT2D eigenvalue weighted by atomic mass is 10.3. The molecule has 3 nitrogen and oxygen atoms in total. The van der Waals surface area contributed by atoms with Crippen LogP contribution in [0.25, 0.3) is 0 Å². The van der Waals surface area contributed by atoms with Gasteiger partial charge in [0.05, 0.1) is 7.11 Å². The lowest BCUT2D eigenvalue weighted by Gasteiger charge is -2.04. The van der Waals surface area contributed by atoms with Crippen molar-refractivity contribution >= 4 is 22.6 Å². The number of methoxy groups -OCH3 is 1. The fraction of sp³-hybridized carbons (Fsp3) is 0.286. The van der Waals surface area contributed by atoms with Crippen LogP contribution in [0.4, 0.5) is 0 Å². The van der Waals surface area contributed by atoms with Gasteiger partial charge in [0.2, 0.25) is 0 Å². The number of H-pyrrole nitrogens is 1. The van der Waals surface area contributed by atoms with Crippen LogP contribution in [0, 0.1) is 10.5 Å². The summed E-state index contributed by atoms with van der Waals surface area (Å²) in [5.41, 5.74) is 0.838. The molecule has 0 saturated carbocycles. The highest BCUT2D eigenvalue weighted by Crippen LogP contribution is 2.19. The molecule has 60 valence electrons. The molecule has 0 atom stereocenters. The molecule has 0 aliphatic heterocycles. The lowest BCUT2D eigenvalue weighted by Crippen LogP contribution is -2.11. The number of aromatic amines is 1. The van der Waals surface area contributed by atoms with E-state index >= 15 is 0 Å². The number of halogens is 1. The topological polar surface area (TPSA) is 42.1 Å². The van der Waals surface area contributed by atoms with Gasteiger partial charge in [-0.15, -0.1) is 0 Å². The summed E-state index contributed by atoms with van der Waals surface area (Å²) in [7, 11) is 1.56. The molecule has 0 aliphatic carbocycles. The maximum atomic E-state index is 11.0. The maximum absolute atomic E-state index is 11.0. The fourth-order valence-corrected chi connectivity index (χ4v) is 1.63. The molecule has 0 unspecified atom stereocenters. The van der Waals surface area contributed by atoms with Gasteiger partial charge in [-0.05, 0) is 29.5 Å². The second kappa shape index (κ2) is 3.25. The first kappa shape index (κ1) is 8.58. The summed E-state index contributed by atoms with van der Waals surface area (Å²) < 4.78 is 5.63. The first-order chi connectivity index (χ1) is 5.16. The molecule has 0 aliphatic rings. The Bertz CT molecular complexity index is 319. The SMILES string of the molecule is COc1c(C)c[nH]c(=O)c1I. The molecule has 1 aromatic rings. The molecular weight excluding hydrogens is 257 g/mol. The normalized spacial score (nSPS) is 9.73. The van der Waals surface area contributed by atoms with Gasteiger partial charge in [-0.25, -0.2) is 0 Å². The number of ether oxygens (including phenoxy) is 1.